The number of aryl methyl sites for hydroxylation is 5. The Bertz CT molecular complexity index is 6590. The van der Waals surface area contributed by atoms with Crippen molar-refractivity contribution in [1.29, 1.82) is 0 Å². The first-order valence-electron chi connectivity index (χ1n) is 45.2. The Morgan fingerprint density at radius 1 is 0.391 bits per heavy atom. The van der Waals surface area contributed by atoms with Crippen LogP contribution in [0.1, 0.15) is 221 Å². The van der Waals surface area contributed by atoms with Gasteiger partial charge in [0.25, 0.3) is 29.5 Å². The number of hydrogen-bond acceptors (Lipinski definition) is 15. The van der Waals surface area contributed by atoms with E-state index in [1.807, 2.05) is 99.8 Å². The van der Waals surface area contributed by atoms with Crippen LogP contribution in [0.5, 0.6) is 0 Å². The van der Waals surface area contributed by atoms with Crippen LogP contribution in [0.25, 0.3) is 110 Å². The topological polar surface area (TPSA) is 378 Å². The highest BCUT2D eigenvalue weighted by Gasteiger charge is 2.37. The summed E-state index contributed by atoms with van der Waals surface area (Å²) in [5.41, 5.74) is 8.01. The van der Waals surface area contributed by atoms with Crippen molar-refractivity contribution in [3.05, 3.63) is 180 Å². The number of imidazole rings is 1. The summed E-state index contributed by atoms with van der Waals surface area (Å²) in [4.78, 5) is 68.1. The van der Waals surface area contributed by atoms with E-state index in [9.17, 15) is 50.3 Å². The van der Waals surface area contributed by atoms with E-state index < -0.39 is 34.3 Å². The van der Waals surface area contributed by atoms with Crippen LogP contribution in [-0.4, -0.2) is 182 Å². The number of fused-ring (bicyclic) bond motifs is 5. The van der Waals surface area contributed by atoms with Crippen LogP contribution in [0.4, 0.5) is 26.3 Å². The van der Waals surface area contributed by atoms with Crippen molar-refractivity contribution < 1.29 is 50.3 Å². The van der Waals surface area contributed by atoms with Crippen LogP contribution >= 0.6 is 11.6 Å². The molecule has 133 heavy (non-hydrogen) atoms. The summed E-state index contributed by atoms with van der Waals surface area (Å²) >= 11 is 6.38. The van der Waals surface area contributed by atoms with E-state index in [1.54, 1.807) is 110 Å². The molecule has 5 amide bonds. The van der Waals surface area contributed by atoms with E-state index in [2.05, 4.69) is 110 Å². The average molecular weight is 1840 g/mol. The SMILES string of the molecule is Cc1ncc(-c2ccc3[nH]nc(C(=O)N[C@@H]4CCCC[C@H]4C)c3c2)n1C.Cn1cc(-c2cc(Cl)c3n[nH]c(C(=O)NC4CCC(C)(F)CC4)c3c2)cn1.Cn1cc(-c2cc(F)c3n[nH]c(C(=O)NC4CCC(C)(F)CC4)c3c2)cn1.Cn1cc(-c2cc3c(C(=O)NC4CCC(C)(F)CC4)n[nH]c3cc2F)cn1.Cn1cc(-c2ccc3[nH]nc(C(=O)NC4CCC(C)(F)CC4)c3c2)cn1. The maximum atomic E-state index is 14.5. The lowest BCUT2D eigenvalue weighted by Gasteiger charge is -2.31. The summed E-state index contributed by atoms with van der Waals surface area (Å²) < 4.78 is 93.4. The van der Waals surface area contributed by atoms with Crippen molar-refractivity contribution in [3.8, 4) is 55.8 Å². The maximum Gasteiger partial charge on any atom is 0.272 e. The van der Waals surface area contributed by atoms with Gasteiger partial charge in [-0.15, -0.1) is 0 Å². The lowest BCUT2D eigenvalue weighted by Crippen LogP contribution is -2.41. The normalized spacial score (nSPS) is 22.5. The highest BCUT2D eigenvalue weighted by molar-refractivity contribution is 6.36. The number of rotatable bonds is 15. The first-order chi connectivity index (χ1) is 63.4. The highest BCUT2D eigenvalue weighted by atomic mass is 35.5. The molecule has 5 saturated carbocycles. The largest absolute Gasteiger partial charge is 0.348 e. The molecule has 0 aliphatic heterocycles. The van der Waals surface area contributed by atoms with Gasteiger partial charge < -0.3 is 31.2 Å². The lowest BCUT2D eigenvalue weighted by atomic mass is 9.85. The molecule has 0 bridgehead atoms. The number of aromatic nitrogens is 20. The Morgan fingerprint density at radius 3 is 1.20 bits per heavy atom. The number of amides is 5. The number of halogens is 7. The van der Waals surface area contributed by atoms with Crippen LogP contribution in [0.3, 0.4) is 0 Å². The Labute approximate surface area is 767 Å². The number of H-pyrrole nitrogens is 5. The molecule has 5 aliphatic carbocycles. The molecular formula is C96H110ClF6N25O5. The summed E-state index contributed by atoms with van der Waals surface area (Å²) in [6.07, 6.45) is 29.0. The number of hydrogen-bond donors (Lipinski definition) is 10. The Balaban J connectivity index is 0.000000121. The lowest BCUT2D eigenvalue weighted by molar-refractivity contribution is 0.0844. The standard InChI is InChI=1S/C20H25N5O.C19H21ClFN5O.2C19H21F2N5O.C19H22FN5O/c1-12-6-4-5-7-16(12)22-20(26)19-15-10-14(8-9-17(15)23-24-19)18-11-21-13(2)25(18)3;1-19(21)5-3-13(4-6-19)23-18(27)17-14-7-11(12-9-22-26(2)10-12)8-15(20)16(14)24-25-17;1-19(21)5-3-12(4-6-19)23-18(27)17-14-7-13(11-9-22-26(2)10-11)15(20)8-16(14)24-25-17;1-19(21)5-3-13(4-6-19)23-18(27)17-14-7-11(12-9-22-26(2)10-12)8-15(20)16(14)24-25-17;1-19(20)7-5-14(6-8-19)22-18(26)17-15-9-12(3-4-16(15)23-24-17)13-10-21-25(2)11-13/h8-12,16H,4-7H2,1-3H3,(H,22,26)(H,23,24);7-10,13H,3-6H2,1-2H3,(H,23,27)(H,24,25);7-10,12H,3-6H2,1-2H3,(H,23,27)(H,24,25);7-10,13H,3-6H2,1-2H3,(H,23,27)(H,24,25);3-4,9-11,14H,5-8H2,1-2H3,(H,22,26)(H,23,24)/t12-,16-;;;;/m1..../s1. The van der Waals surface area contributed by atoms with Gasteiger partial charge in [0.2, 0.25) is 0 Å². The van der Waals surface area contributed by atoms with Crippen LogP contribution in [-0.2, 0) is 35.2 Å². The first kappa shape index (κ1) is 93.0. The molecule has 2 atom stereocenters. The van der Waals surface area contributed by atoms with Crippen molar-refractivity contribution >= 4 is 95.7 Å². The van der Waals surface area contributed by atoms with Crippen LogP contribution in [0.2, 0.25) is 5.02 Å². The molecule has 698 valence electrons. The molecule has 37 heteroatoms. The summed E-state index contributed by atoms with van der Waals surface area (Å²) in [7, 11) is 9.23. The fourth-order valence-electron chi connectivity index (χ4n) is 18.3. The number of nitrogens with one attached hydrogen (secondary N) is 10. The number of carbonyl (C=O) groups excluding carboxylic acids is 5. The smallest absolute Gasteiger partial charge is 0.272 e. The summed E-state index contributed by atoms with van der Waals surface area (Å²) in [6, 6.07) is 21.6. The predicted octanol–water partition coefficient (Wildman–Crippen LogP) is 18.0. The maximum absolute atomic E-state index is 14.5. The zero-order valence-corrected chi connectivity index (χ0v) is 76.9. The van der Waals surface area contributed by atoms with Gasteiger partial charge in [-0.05, 0) is 227 Å². The number of carbonyl (C=O) groups is 5. The number of nitrogens with zero attached hydrogens (tertiary/aromatic N) is 15. The van der Waals surface area contributed by atoms with Crippen LogP contribution < -0.4 is 26.6 Å². The number of benzene rings is 5. The van der Waals surface area contributed by atoms with Crippen molar-refractivity contribution in [2.45, 2.75) is 223 Å². The van der Waals surface area contributed by atoms with Crippen molar-refractivity contribution in [2.75, 3.05) is 0 Å². The van der Waals surface area contributed by atoms with E-state index in [-0.39, 0.29) is 76.6 Å². The van der Waals surface area contributed by atoms with Gasteiger partial charge in [-0.25, -0.2) is 31.3 Å². The second-order valence-corrected chi connectivity index (χ2v) is 37.8. The Morgan fingerprint density at radius 2 is 0.767 bits per heavy atom. The monoisotopic (exact) mass is 1840 g/mol. The van der Waals surface area contributed by atoms with Crippen molar-refractivity contribution in [1.82, 2.24) is 126 Å². The minimum absolute atomic E-state index is 0.000388. The van der Waals surface area contributed by atoms with E-state index in [0.29, 0.717) is 175 Å². The third-order valence-electron chi connectivity index (χ3n) is 26.6. The van der Waals surface area contributed by atoms with E-state index >= 15 is 0 Å². The molecule has 30 nitrogen and oxygen atoms in total. The molecule has 0 radical (unpaired) electrons. The summed E-state index contributed by atoms with van der Waals surface area (Å²) in [5.74, 6) is -0.689. The third kappa shape index (κ3) is 21.6. The quantitative estimate of drug-likeness (QED) is 0.0426. The minimum Gasteiger partial charge on any atom is -0.348 e. The molecule has 5 aliphatic rings. The van der Waals surface area contributed by atoms with E-state index in [0.717, 1.165) is 73.1 Å². The zero-order valence-electron chi connectivity index (χ0n) is 76.1. The molecule has 15 aromatic rings. The van der Waals surface area contributed by atoms with Crippen LogP contribution in [0.15, 0.2) is 129 Å². The molecule has 0 unspecified atom stereocenters. The second kappa shape index (κ2) is 38.5. The molecule has 10 heterocycles. The molecule has 5 aromatic carbocycles. The van der Waals surface area contributed by atoms with E-state index in [1.165, 1.54) is 31.4 Å². The van der Waals surface area contributed by atoms with Gasteiger partial charge in [0.1, 0.15) is 56.7 Å². The predicted molar refractivity (Wildman–Crippen MR) is 497 cm³/mol. The third-order valence-corrected chi connectivity index (χ3v) is 26.9. The van der Waals surface area contributed by atoms with Gasteiger partial charge in [-0.2, -0.15) is 45.9 Å². The summed E-state index contributed by atoms with van der Waals surface area (Å²) in [5, 5.41) is 70.1. The second-order valence-electron chi connectivity index (χ2n) is 37.4. The number of alkyl halides is 4. The highest BCUT2D eigenvalue weighted by Crippen LogP contribution is 2.40. The van der Waals surface area contributed by atoms with Gasteiger partial charge in [-0.3, -0.25) is 68.2 Å². The molecule has 10 N–H and O–H groups in total. The van der Waals surface area contributed by atoms with Crippen molar-refractivity contribution in [3.63, 3.8) is 0 Å². The van der Waals surface area contributed by atoms with Gasteiger partial charge in [0, 0.05) is 157 Å². The fourth-order valence-corrected chi connectivity index (χ4v) is 18.5. The molecule has 5 fully saturated rings. The first-order valence-corrected chi connectivity index (χ1v) is 45.5. The van der Waals surface area contributed by atoms with E-state index in [4.69, 9.17) is 11.6 Å². The molecular weight excluding hydrogens is 1730 g/mol. The Hall–Kier alpha value is -13.3. The molecule has 0 saturated heterocycles. The average Bonchev–Trinajstić information content (AvgIpc) is 2.53. The Kier molecular flexibility index (Phi) is 26.9. The van der Waals surface area contributed by atoms with Gasteiger partial charge in [0.15, 0.2) is 22.9 Å². The van der Waals surface area contributed by atoms with Crippen LogP contribution in [0, 0.1) is 24.5 Å². The van der Waals surface area contributed by atoms with Gasteiger partial charge in [-0.1, -0.05) is 43.5 Å². The number of aromatic amines is 5. The van der Waals surface area contributed by atoms with Gasteiger partial charge >= 0.3 is 0 Å². The summed E-state index contributed by atoms with van der Waals surface area (Å²) in [6.45, 7) is 10.6. The molecule has 20 rings (SSSR count). The van der Waals surface area contributed by atoms with Gasteiger partial charge in [0.05, 0.1) is 58.3 Å². The minimum atomic E-state index is -1.16. The molecule has 10 aromatic heterocycles. The van der Waals surface area contributed by atoms with Crippen molar-refractivity contribution in [2.24, 2.45) is 41.2 Å². The zero-order chi connectivity index (χ0) is 94.1. The fraction of sp³-hybridized carbons (Fsp3) is 0.427. The molecule has 0 spiro atoms.